The number of aryl methyl sites for hydroxylation is 3. The zero-order chi connectivity index (χ0) is 25.2. The number of carbonyl (C=O) groups excluding carboxylic acids is 1. The molecule has 1 amide bonds. The van der Waals surface area contributed by atoms with Crippen LogP contribution in [0.4, 0.5) is 5.00 Å². The molecule has 0 saturated carbocycles. The molecule has 9 heteroatoms. The van der Waals surface area contributed by atoms with E-state index in [2.05, 4.69) is 76.6 Å². The molecule has 4 aromatic rings. The first-order valence-electron chi connectivity index (χ1n) is 12.1. The number of fused-ring (bicyclic) bond motifs is 1. The van der Waals surface area contributed by atoms with Crippen LogP contribution in [0.3, 0.4) is 0 Å². The number of amides is 1. The van der Waals surface area contributed by atoms with Gasteiger partial charge in [0.15, 0.2) is 11.0 Å². The molecule has 0 radical (unpaired) electrons. The van der Waals surface area contributed by atoms with Crippen molar-refractivity contribution in [2.45, 2.75) is 58.2 Å². The van der Waals surface area contributed by atoms with Crippen LogP contribution < -0.4 is 5.32 Å². The van der Waals surface area contributed by atoms with Gasteiger partial charge in [0.2, 0.25) is 5.91 Å². The zero-order valence-electron chi connectivity index (χ0n) is 20.6. The molecule has 0 saturated heterocycles. The van der Waals surface area contributed by atoms with Crippen LogP contribution in [-0.4, -0.2) is 26.4 Å². The van der Waals surface area contributed by atoms with Gasteiger partial charge >= 0.3 is 0 Å². The van der Waals surface area contributed by atoms with E-state index in [-0.39, 0.29) is 11.7 Å². The fourth-order valence-electron chi connectivity index (χ4n) is 4.64. The monoisotopic (exact) mass is 533 g/mol. The fourth-order valence-corrected chi connectivity index (χ4v) is 7.56. The van der Waals surface area contributed by atoms with E-state index in [1.807, 2.05) is 0 Å². The van der Waals surface area contributed by atoms with Crippen molar-refractivity contribution in [1.82, 2.24) is 14.8 Å². The Morgan fingerprint density at radius 2 is 1.97 bits per heavy atom. The number of anilines is 1. The van der Waals surface area contributed by atoms with E-state index < -0.39 is 0 Å². The molecule has 1 N–H and O–H groups in total. The van der Waals surface area contributed by atoms with E-state index in [0.717, 1.165) is 42.6 Å². The van der Waals surface area contributed by atoms with E-state index in [4.69, 9.17) is 0 Å². The van der Waals surface area contributed by atoms with Crippen molar-refractivity contribution < 1.29 is 4.79 Å². The average molecular weight is 534 g/mol. The smallest absolute Gasteiger partial charge is 0.235 e. The Labute approximate surface area is 223 Å². The Morgan fingerprint density at radius 1 is 1.19 bits per heavy atom. The van der Waals surface area contributed by atoms with E-state index in [9.17, 15) is 10.1 Å². The number of nitrogens with one attached hydrogen (secondary N) is 1. The Kier molecular flexibility index (Phi) is 7.28. The fraction of sp³-hybridized carbons (Fsp3) is 0.333. The van der Waals surface area contributed by atoms with Crippen molar-refractivity contribution in [3.05, 3.63) is 56.1 Å². The Hall–Kier alpha value is -2.93. The highest BCUT2D eigenvalue weighted by molar-refractivity contribution is 7.99. The quantitative estimate of drug-likeness (QED) is 0.263. The lowest BCUT2D eigenvalue weighted by atomic mass is 9.96. The summed E-state index contributed by atoms with van der Waals surface area (Å²) in [6.07, 6.45) is 4.17. The van der Waals surface area contributed by atoms with Gasteiger partial charge in [-0.1, -0.05) is 41.6 Å². The summed E-state index contributed by atoms with van der Waals surface area (Å²) in [4.78, 5) is 15.3. The van der Waals surface area contributed by atoms with Crippen LogP contribution in [0.15, 0.2) is 34.8 Å². The van der Waals surface area contributed by atoms with Gasteiger partial charge in [0.05, 0.1) is 11.3 Å². The molecule has 0 fully saturated rings. The first kappa shape index (κ1) is 24.8. The predicted octanol–water partition coefficient (Wildman–Crippen LogP) is 6.85. The van der Waals surface area contributed by atoms with Gasteiger partial charge in [-0.15, -0.1) is 32.9 Å². The van der Waals surface area contributed by atoms with Crippen molar-refractivity contribution >= 4 is 45.3 Å². The second-order valence-corrected chi connectivity index (χ2v) is 12.0. The van der Waals surface area contributed by atoms with E-state index in [1.54, 1.807) is 22.7 Å². The summed E-state index contributed by atoms with van der Waals surface area (Å²) in [6, 6.07) is 10.9. The van der Waals surface area contributed by atoms with Gasteiger partial charge in [-0.2, -0.15) is 5.26 Å². The standard InChI is InChI=1S/C27H27N5OS3/c1-4-32-25(21-14-34-17(3)24(21)18-11-9-16(2)10-12-18)30-31-27(32)35-15-23(33)29-26-20(13-28)19-7-5-6-8-22(19)36-26/h9-12,14H,4-8,15H2,1-3H3,(H,29,33). The van der Waals surface area contributed by atoms with Crippen LogP contribution >= 0.6 is 34.4 Å². The van der Waals surface area contributed by atoms with Crippen LogP contribution in [0.1, 0.15) is 46.2 Å². The van der Waals surface area contributed by atoms with Crippen LogP contribution in [0, 0.1) is 25.2 Å². The molecule has 1 aliphatic carbocycles. The third-order valence-corrected chi connectivity index (χ3v) is 9.54. The Balaban J connectivity index is 1.34. The van der Waals surface area contributed by atoms with Gasteiger partial charge in [-0.05, 0) is 57.6 Å². The summed E-state index contributed by atoms with van der Waals surface area (Å²) in [5.41, 5.74) is 6.41. The molecular formula is C27H27N5OS3. The van der Waals surface area contributed by atoms with Crippen molar-refractivity contribution in [3.63, 3.8) is 0 Å². The van der Waals surface area contributed by atoms with Crippen molar-refractivity contribution in [2.24, 2.45) is 0 Å². The predicted molar refractivity (Wildman–Crippen MR) is 149 cm³/mol. The highest BCUT2D eigenvalue weighted by atomic mass is 32.2. The number of thioether (sulfide) groups is 1. The normalized spacial score (nSPS) is 12.8. The number of hydrogen-bond donors (Lipinski definition) is 1. The zero-order valence-corrected chi connectivity index (χ0v) is 23.0. The van der Waals surface area contributed by atoms with Gasteiger partial charge < -0.3 is 9.88 Å². The largest absolute Gasteiger partial charge is 0.316 e. The van der Waals surface area contributed by atoms with Crippen molar-refractivity contribution in [2.75, 3.05) is 11.1 Å². The molecule has 184 valence electrons. The highest BCUT2D eigenvalue weighted by Crippen LogP contribution is 2.40. The highest BCUT2D eigenvalue weighted by Gasteiger charge is 2.23. The van der Waals surface area contributed by atoms with Gasteiger partial charge in [0.1, 0.15) is 11.1 Å². The SMILES string of the molecule is CCn1c(SCC(=O)Nc2sc3c(c2C#N)CCCC3)nnc1-c1csc(C)c1-c1ccc(C)cc1. The van der Waals surface area contributed by atoms with E-state index in [0.29, 0.717) is 22.3 Å². The molecule has 0 spiro atoms. The number of rotatable bonds is 7. The molecule has 1 aromatic carbocycles. The molecular weight excluding hydrogens is 507 g/mol. The summed E-state index contributed by atoms with van der Waals surface area (Å²) in [5, 5.41) is 25.2. The van der Waals surface area contributed by atoms with Crippen LogP contribution in [-0.2, 0) is 24.2 Å². The number of aromatic nitrogens is 3. The topological polar surface area (TPSA) is 83.6 Å². The minimum atomic E-state index is -0.131. The Morgan fingerprint density at radius 3 is 2.72 bits per heavy atom. The summed E-state index contributed by atoms with van der Waals surface area (Å²) >= 11 is 4.64. The second kappa shape index (κ2) is 10.6. The average Bonchev–Trinajstić information content (AvgIpc) is 3.57. The number of hydrogen-bond acceptors (Lipinski definition) is 7. The molecule has 6 nitrogen and oxygen atoms in total. The third kappa shape index (κ3) is 4.73. The minimum Gasteiger partial charge on any atom is -0.316 e. The minimum absolute atomic E-state index is 0.131. The number of benzene rings is 1. The molecule has 3 aromatic heterocycles. The molecule has 5 rings (SSSR count). The summed E-state index contributed by atoms with van der Waals surface area (Å²) < 4.78 is 2.07. The molecule has 1 aliphatic rings. The molecule has 0 unspecified atom stereocenters. The van der Waals surface area contributed by atoms with Crippen LogP contribution in [0.25, 0.3) is 22.5 Å². The molecule has 0 atom stereocenters. The third-order valence-electron chi connectivity index (χ3n) is 6.46. The first-order valence-corrected chi connectivity index (χ1v) is 14.7. The molecule has 0 bridgehead atoms. The molecule has 0 aliphatic heterocycles. The lowest BCUT2D eigenvalue weighted by Crippen LogP contribution is -2.14. The number of carbonyl (C=O) groups is 1. The van der Waals surface area contributed by atoms with E-state index in [1.165, 1.54) is 38.2 Å². The number of thiophene rings is 2. The lowest BCUT2D eigenvalue weighted by molar-refractivity contribution is -0.113. The van der Waals surface area contributed by atoms with E-state index >= 15 is 0 Å². The maximum atomic E-state index is 12.8. The molecule has 36 heavy (non-hydrogen) atoms. The van der Waals surface area contributed by atoms with Crippen LogP contribution in [0.5, 0.6) is 0 Å². The summed E-state index contributed by atoms with van der Waals surface area (Å²) in [7, 11) is 0. The summed E-state index contributed by atoms with van der Waals surface area (Å²) in [5.74, 6) is 0.894. The van der Waals surface area contributed by atoms with Gasteiger partial charge in [0, 0.05) is 32.8 Å². The van der Waals surface area contributed by atoms with Gasteiger partial charge in [0.25, 0.3) is 0 Å². The second-order valence-electron chi connectivity index (χ2n) is 8.86. The molecule has 3 heterocycles. The van der Waals surface area contributed by atoms with Crippen molar-refractivity contribution in [1.29, 1.82) is 5.26 Å². The number of nitriles is 1. The first-order chi connectivity index (χ1) is 17.5. The van der Waals surface area contributed by atoms with Crippen molar-refractivity contribution in [3.8, 4) is 28.6 Å². The maximum absolute atomic E-state index is 12.8. The lowest BCUT2D eigenvalue weighted by Gasteiger charge is -2.10. The van der Waals surface area contributed by atoms with Crippen LogP contribution in [0.2, 0.25) is 0 Å². The Bertz CT molecular complexity index is 1460. The maximum Gasteiger partial charge on any atom is 0.235 e. The number of nitrogens with zero attached hydrogens (tertiary/aromatic N) is 4. The van der Waals surface area contributed by atoms with Gasteiger partial charge in [-0.25, -0.2) is 0 Å². The van der Waals surface area contributed by atoms with Gasteiger partial charge in [-0.3, -0.25) is 4.79 Å². The summed E-state index contributed by atoms with van der Waals surface area (Å²) in [6.45, 7) is 6.99.